The van der Waals surface area contributed by atoms with Crippen LogP contribution in [0.1, 0.15) is 23.7 Å². The van der Waals surface area contributed by atoms with Crippen LogP contribution >= 0.6 is 11.6 Å². The summed E-state index contributed by atoms with van der Waals surface area (Å²) in [6.45, 7) is 2.91. The fourth-order valence-corrected chi connectivity index (χ4v) is 1.98. The number of aromatic nitrogens is 1. The van der Waals surface area contributed by atoms with Crippen LogP contribution < -0.4 is 10.6 Å². The lowest BCUT2D eigenvalue weighted by molar-refractivity contribution is 0.102. The van der Waals surface area contributed by atoms with E-state index in [1.807, 2.05) is 0 Å². The average molecular weight is 308 g/mol. The number of amides is 1. The third-order valence-electron chi connectivity index (χ3n) is 2.77. The molecule has 2 rings (SSSR count). The fraction of sp³-hybridized carbons (Fsp3) is 0.200. The maximum absolute atomic E-state index is 13.6. The molecular formula is C15H15ClFN3O. The molecule has 6 heteroatoms. The second-order valence-electron chi connectivity index (χ2n) is 4.41. The summed E-state index contributed by atoms with van der Waals surface area (Å²) in [6, 6.07) is 7.53. The predicted molar refractivity (Wildman–Crippen MR) is 82.4 cm³/mol. The lowest BCUT2D eigenvalue weighted by Gasteiger charge is -2.08. The number of carbonyl (C=O) groups is 1. The molecule has 0 aliphatic heterocycles. The second kappa shape index (κ2) is 7.04. The van der Waals surface area contributed by atoms with Crippen LogP contribution in [0.25, 0.3) is 0 Å². The van der Waals surface area contributed by atoms with E-state index in [0.29, 0.717) is 5.82 Å². The van der Waals surface area contributed by atoms with E-state index in [4.69, 9.17) is 11.6 Å². The largest absolute Gasteiger partial charge is 0.384 e. The highest BCUT2D eigenvalue weighted by Crippen LogP contribution is 2.20. The van der Waals surface area contributed by atoms with Gasteiger partial charge in [0, 0.05) is 6.54 Å². The number of anilines is 2. The van der Waals surface area contributed by atoms with Crippen LogP contribution in [0.2, 0.25) is 5.02 Å². The Morgan fingerprint density at radius 2 is 2.14 bits per heavy atom. The van der Waals surface area contributed by atoms with Crippen LogP contribution in [0.3, 0.4) is 0 Å². The van der Waals surface area contributed by atoms with Crippen LogP contribution in [0.15, 0.2) is 36.5 Å². The number of rotatable bonds is 5. The normalized spacial score (nSPS) is 10.2. The van der Waals surface area contributed by atoms with Gasteiger partial charge in [0.15, 0.2) is 0 Å². The van der Waals surface area contributed by atoms with Crippen molar-refractivity contribution in [3.8, 4) is 0 Å². The lowest BCUT2D eigenvalue weighted by atomic mass is 10.2. The number of hydrogen-bond acceptors (Lipinski definition) is 3. The van der Waals surface area contributed by atoms with E-state index in [9.17, 15) is 9.18 Å². The van der Waals surface area contributed by atoms with Crippen LogP contribution in [-0.2, 0) is 0 Å². The predicted octanol–water partition coefficient (Wildman–Crippen LogP) is 3.95. The summed E-state index contributed by atoms with van der Waals surface area (Å²) in [5.74, 6) is -0.956. The molecule has 0 unspecified atom stereocenters. The maximum Gasteiger partial charge on any atom is 0.261 e. The lowest BCUT2D eigenvalue weighted by Crippen LogP contribution is -2.15. The zero-order valence-electron chi connectivity index (χ0n) is 11.5. The summed E-state index contributed by atoms with van der Waals surface area (Å²) < 4.78 is 13.6. The first-order chi connectivity index (χ1) is 10.1. The highest BCUT2D eigenvalue weighted by molar-refractivity contribution is 6.34. The van der Waals surface area contributed by atoms with Crippen molar-refractivity contribution in [1.29, 1.82) is 0 Å². The van der Waals surface area contributed by atoms with E-state index in [2.05, 4.69) is 22.5 Å². The van der Waals surface area contributed by atoms with Gasteiger partial charge in [-0.2, -0.15) is 0 Å². The number of pyridine rings is 1. The standard InChI is InChI=1S/C15H15ClFN3O/c1-2-8-18-10-6-7-13(19-9-10)20-15(21)14-11(16)4-3-5-12(14)17/h3-7,9,18H,2,8H2,1H3,(H,19,20,21). The number of halogens is 2. The first-order valence-corrected chi connectivity index (χ1v) is 6.95. The molecule has 0 saturated heterocycles. The summed E-state index contributed by atoms with van der Waals surface area (Å²) in [6.07, 6.45) is 2.61. The van der Waals surface area contributed by atoms with Gasteiger partial charge in [-0.15, -0.1) is 0 Å². The van der Waals surface area contributed by atoms with Crippen LogP contribution in [0.5, 0.6) is 0 Å². The summed E-state index contributed by atoms with van der Waals surface area (Å²) in [5.41, 5.74) is 0.674. The Morgan fingerprint density at radius 1 is 1.33 bits per heavy atom. The third kappa shape index (κ3) is 3.92. The molecule has 1 heterocycles. The van der Waals surface area contributed by atoms with E-state index in [1.54, 1.807) is 18.3 Å². The molecule has 2 aromatic rings. The first-order valence-electron chi connectivity index (χ1n) is 6.57. The maximum atomic E-state index is 13.6. The first kappa shape index (κ1) is 15.3. The van der Waals surface area contributed by atoms with Crippen molar-refractivity contribution in [1.82, 2.24) is 4.98 Å². The molecule has 21 heavy (non-hydrogen) atoms. The molecule has 1 aromatic heterocycles. The van der Waals surface area contributed by atoms with Gasteiger partial charge in [0.2, 0.25) is 0 Å². The SMILES string of the molecule is CCCNc1ccc(NC(=O)c2c(F)cccc2Cl)nc1. The molecule has 0 bridgehead atoms. The fourth-order valence-electron chi connectivity index (χ4n) is 1.74. The van der Waals surface area contributed by atoms with E-state index >= 15 is 0 Å². The molecule has 0 aliphatic carbocycles. The van der Waals surface area contributed by atoms with E-state index in [1.165, 1.54) is 18.2 Å². The Kier molecular flexibility index (Phi) is 5.11. The summed E-state index contributed by atoms with van der Waals surface area (Å²) in [7, 11) is 0. The molecule has 4 nitrogen and oxygen atoms in total. The molecule has 1 aromatic carbocycles. The van der Waals surface area contributed by atoms with Crippen LogP contribution in [-0.4, -0.2) is 17.4 Å². The van der Waals surface area contributed by atoms with Gasteiger partial charge in [-0.25, -0.2) is 9.37 Å². The molecule has 0 fully saturated rings. The number of hydrogen-bond donors (Lipinski definition) is 2. The van der Waals surface area contributed by atoms with Crippen molar-refractivity contribution in [2.24, 2.45) is 0 Å². The quantitative estimate of drug-likeness (QED) is 0.879. The van der Waals surface area contributed by atoms with Crippen molar-refractivity contribution < 1.29 is 9.18 Å². The van der Waals surface area contributed by atoms with Crippen molar-refractivity contribution in [2.45, 2.75) is 13.3 Å². The summed E-state index contributed by atoms with van der Waals surface area (Å²) in [4.78, 5) is 16.1. The molecule has 1 amide bonds. The highest BCUT2D eigenvalue weighted by atomic mass is 35.5. The second-order valence-corrected chi connectivity index (χ2v) is 4.82. The minimum Gasteiger partial charge on any atom is -0.384 e. The topological polar surface area (TPSA) is 54.0 Å². The Morgan fingerprint density at radius 3 is 2.76 bits per heavy atom. The zero-order valence-corrected chi connectivity index (χ0v) is 12.2. The Hall–Kier alpha value is -2.14. The van der Waals surface area contributed by atoms with Gasteiger partial charge in [-0.05, 0) is 30.7 Å². The van der Waals surface area contributed by atoms with Gasteiger partial charge in [-0.1, -0.05) is 24.6 Å². The Balaban J connectivity index is 2.09. The van der Waals surface area contributed by atoms with Crippen molar-refractivity contribution >= 4 is 29.0 Å². The number of nitrogens with zero attached hydrogens (tertiary/aromatic N) is 1. The smallest absolute Gasteiger partial charge is 0.261 e. The van der Waals surface area contributed by atoms with Crippen molar-refractivity contribution in [2.75, 3.05) is 17.2 Å². The molecule has 2 N–H and O–H groups in total. The minimum atomic E-state index is -0.666. The van der Waals surface area contributed by atoms with Gasteiger partial charge in [0.25, 0.3) is 5.91 Å². The molecule has 0 radical (unpaired) electrons. The number of benzene rings is 1. The minimum absolute atomic E-state index is 0.0636. The molecule has 0 atom stereocenters. The van der Waals surface area contributed by atoms with Crippen LogP contribution in [0, 0.1) is 5.82 Å². The molecule has 110 valence electrons. The number of nitrogens with one attached hydrogen (secondary N) is 2. The van der Waals surface area contributed by atoms with E-state index < -0.39 is 11.7 Å². The average Bonchev–Trinajstić information content (AvgIpc) is 2.46. The van der Waals surface area contributed by atoms with E-state index in [-0.39, 0.29) is 10.6 Å². The molecular weight excluding hydrogens is 293 g/mol. The summed E-state index contributed by atoms with van der Waals surface area (Å²) >= 11 is 5.84. The van der Waals surface area contributed by atoms with Gasteiger partial charge >= 0.3 is 0 Å². The van der Waals surface area contributed by atoms with Crippen LogP contribution in [0.4, 0.5) is 15.9 Å². The third-order valence-corrected chi connectivity index (χ3v) is 3.09. The Bertz CT molecular complexity index is 611. The van der Waals surface area contributed by atoms with Gasteiger partial charge in [-0.3, -0.25) is 4.79 Å². The number of carbonyl (C=O) groups excluding carboxylic acids is 1. The summed E-state index contributed by atoms with van der Waals surface area (Å²) in [5, 5.41) is 5.75. The molecule has 0 aliphatic rings. The van der Waals surface area contributed by atoms with Gasteiger partial charge in [0.1, 0.15) is 11.6 Å². The Labute approximate surface area is 127 Å². The van der Waals surface area contributed by atoms with Gasteiger partial charge < -0.3 is 10.6 Å². The van der Waals surface area contributed by atoms with Crippen molar-refractivity contribution in [3.05, 3.63) is 52.9 Å². The van der Waals surface area contributed by atoms with Crippen molar-refractivity contribution in [3.63, 3.8) is 0 Å². The van der Waals surface area contributed by atoms with E-state index in [0.717, 1.165) is 18.7 Å². The van der Waals surface area contributed by atoms with Gasteiger partial charge in [0.05, 0.1) is 22.5 Å². The highest BCUT2D eigenvalue weighted by Gasteiger charge is 2.16. The molecule has 0 saturated carbocycles. The monoisotopic (exact) mass is 307 g/mol. The zero-order chi connectivity index (χ0) is 15.2. The molecule has 0 spiro atoms.